The largest absolute Gasteiger partial charge is 0.383 e. The van der Waals surface area contributed by atoms with Crippen molar-refractivity contribution in [2.45, 2.75) is 6.54 Å². The standard InChI is InChI=1S/C14H23ClN2O2/c1-16-11-12-10-13(15)4-5-14(12)17(6-8-18-2)7-9-19-3/h4-5,10,16H,6-9,11H2,1-3H3. The first kappa shape index (κ1) is 16.2. The van der Waals surface area contributed by atoms with Crippen LogP contribution in [0.4, 0.5) is 5.69 Å². The molecule has 4 nitrogen and oxygen atoms in total. The van der Waals surface area contributed by atoms with Crippen molar-refractivity contribution < 1.29 is 9.47 Å². The van der Waals surface area contributed by atoms with E-state index in [0.717, 1.165) is 24.7 Å². The van der Waals surface area contributed by atoms with Gasteiger partial charge in [-0.25, -0.2) is 0 Å². The average Bonchev–Trinajstić information content (AvgIpc) is 2.40. The summed E-state index contributed by atoms with van der Waals surface area (Å²) in [5.41, 5.74) is 2.36. The maximum absolute atomic E-state index is 6.07. The minimum atomic E-state index is 0.686. The molecule has 0 fully saturated rings. The van der Waals surface area contributed by atoms with Crippen LogP contribution in [0, 0.1) is 0 Å². The van der Waals surface area contributed by atoms with Gasteiger partial charge >= 0.3 is 0 Å². The normalized spacial score (nSPS) is 10.7. The Balaban J connectivity index is 2.91. The summed E-state index contributed by atoms with van der Waals surface area (Å²) in [6, 6.07) is 5.98. The van der Waals surface area contributed by atoms with Crippen LogP contribution in [0.2, 0.25) is 5.02 Å². The number of hydrogen-bond acceptors (Lipinski definition) is 4. The zero-order chi connectivity index (χ0) is 14.1. The monoisotopic (exact) mass is 286 g/mol. The lowest BCUT2D eigenvalue weighted by Crippen LogP contribution is -2.31. The van der Waals surface area contributed by atoms with Gasteiger partial charge in [-0.1, -0.05) is 11.6 Å². The third kappa shape index (κ3) is 5.37. The van der Waals surface area contributed by atoms with Crippen molar-refractivity contribution in [2.75, 3.05) is 52.5 Å². The van der Waals surface area contributed by atoms with E-state index in [-0.39, 0.29) is 0 Å². The number of rotatable bonds is 9. The molecule has 0 unspecified atom stereocenters. The van der Waals surface area contributed by atoms with E-state index < -0.39 is 0 Å². The van der Waals surface area contributed by atoms with Crippen LogP contribution in [0.25, 0.3) is 0 Å². The molecule has 1 aromatic rings. The predicted molar refractivity (Wildman–Crippen MR) is 80.2 cm³/mol. The third-order valence-electron chi connectivity index (χ3n) is 2.88. The van der Waals surface area contributed by atoms with Crippen LogP contribution >= 0.6 is 11.6 Å². The topological polar surface area (TPSA) is 33.7 Å². The van der Waals surface area contributed by atoms with E-state index in [9.17, 15) is 0 Å². The van der Waals surface area contributed by atoms with Crippen molar-refractivity contribution in [3.63, 3.8) is 0 Å². The molecule has 1 rings (SSSR count). The Morgan fingerprint density at radius 3 is 2.32 bits per heavy atom. The summed E-state index contributed by atoms with van der Waals surface area (Å²) in [4.78, 5) is 2.26. The molecule has 0 saturated carbocycles. The average molecular weight is 287 g/mol. The van der Waals surface area contributed by atoms with E-state index in [2.05, 4.69) is 16.3 Å². The van der Waals surface area contributed by atoms with Crippen LogP contribution in [0.5, 0.6) is 0 Å². The molecular weight excluding hydrogens is 264 g/mol. The number of nitrogens with zero attached hydrogens (tertiary/aromatic N) is 1. The SMILES string of the molecule is CNCc1cc(Cl)ccc1N(CCOC)CCOC. The summed E-state index contributed by atoms with van der Waals surface area (Å²) in [5, 5.41) is 3.93. The van der Waals surface area contributed by atoms with Gasteiger partial charge in [-0.15, -0.1) is 0 Å². The minimum absolute atomic E-state index is 0.686. The Bertz CT molecular complexity index is 366. The molecule has 0 aliphatic rings. The fourth-order valence-electron chi connectivity index (χ4n) is 1.95. The van der Waals surface area contributed by atoms with Gasteiger partial charge in [-0.3, -0.25) is 0 Å². The van der Waals surface area contributed by atoms with Gasteiger partial charge in [0.25, 0.3) is 0 Å². The van der Waals surface area contributed by atoms with Gasteiger partial charge < -0.3 is 19.7 Å². The summed E-state index contributed by atoms with van der Waals surface area (Å²) < 4.78 is 10.3. The van der Waals surface area contributed by atoms with Crippen LogP contribution in [-0.2, 0) is 16.0 Å². The molecule has 108 valence electrons. The van der Waals surface area contributed by atoms with Crippen LogP contribution in [-0.4, -0.2) is 47.6 Å². The number of benzene rings is 1. The Hall–Kier alpha value is -0.810. The first-order valence-corrected chi connectivity index (χ1v) is 6.76. The highest BCUT2D eigenvalue weighted by Gasteiger charge is 2.11. The van der Waals surface area contributed by atoms with E-state index in [0.29, 0.717) is 13.2 Å². The second-order valence-electron chi connectivity index (χ2n) is 4.28. The molecule has 1 N–H and O–H groups in total. The molecule has 0 bridgehead atoms. The van der Waals surface area contributed by atoms with Gasteiger partial charge in [0, 0.05) is 44.6 Å². The molecule has 1 aromatic carbocycles. The Labute approximate surface area is 120 Å². The lowest BCUT2D eigenvalue weighted by atomic mass is 10.1. The van der Waals surface area contributed by atoms with E-state index >= 15 is 0 Å². The summed E-state index contributed by atoms with van der Waals surface area (Å²) >= 11 is 6.07. The molecule has 19 heavy (non-hydrogen) atoms. The van der Waals surface area contributed by atoms with Gasteiger partial charge in [0.15, 0.2) is 0 Å². The zero-order valence-electron chi connectivity index (χ0n) is 11.9. The lowest BCUT2D eigenvalue weighted by molar-refractivity contribution is 0.190. The number of ether oxygens (including phenoxy) is 2. The van der Waals surface area contributed by atoms with Crippen LogP contribution < -0.4 is 10.2 Å². The summed E-state index contributed by atoms with van der Waals surface area (Å²) in [5.74, 6) is 0. The van der Waals surface area contributed by atoms with Crippen molar-refractivity contribution in [1.82, 2.24) is 5.32 Å². The number of halogens is 1. The van der Waals surface area contributed by atoms with Crippen molar-refractivity contribution in [2.24, 2.45) is 0 Å². The van der Waals surface area contributed by atoms with Crippen molar-refractivity contribution in [1.29, 1.82) is 0 Å². The molecule has 0 heterocycles. The molecule has 5 heteroatoms. The molecule has 0 saturated heterocycles. The van der Waals surface area contributed by atoms with Crippen molar-refractivity contribution >= 4 is 17.3 Å². The molecule has 0 radical (unpaired) electrons. The number of methoxy groups -OCH3 is 2. The highest BCUT2D eigenvalue weighted by molar-refractivity contribution is 6.30. The maximum atomic E-state index is 6.07. The smallest absolute Gasteiger partial charge is 0.0637 e. The molecule has 0 atom stereocenters. The second-order valence-corrected chi connectivity index (χ2v) is 4.71. The molecule has 0 aromatic heterocycles. The highest BCUT2D eigenvalue weighted by Crippen LogP contribution is 2.24. The fourth-order valence-corrected chi connectivity index (χ4v) is 2.14. The van der Waals surface area contributed by atoms with Gasteiger partial charge in [0.2, 0.25) is 0 Å². The molecule has 0 amide bonds. The molecular formula is C14H23ClN2O2. The summed E-state index contributed by atoms with van der Waals surface area (Å²) in [7, 11) is 5.36. The van der Waals surface area contributed by atoms with Crippen LogP contribution in [0.1, 0.15) is 5.56 Å². The predicted octanol–water partition coefficient (Wildman–Crippen LogP) is 2.16. The second kappa shape index (κ2) is 9.15. The quantitative estimate of drug-likeness (QED) is 0.754. The fraction of sp³-hybridized carbons (Fsp3) is 0.571. The van der Waals surface area contributed by atoms with Crippen molar-refractivity contribution in [3.8, 4) is 0 Å². The number of nitrogens with one attached hydrogen (secondary N) is 1. The van der Waals surface area contributed by atoms with E-state index in [1.807, 2.05) is 19.2 Å². The molecule has 0 aliphatic carbocycles. The lowest BCUT2D eigenvalue weighted by Gasteiger charge is -2.27. The Morgan fingerprint density at radius 2 is 1.79 bits per heavy atom. The molecule has 0 aliphatic heterocycles. The summed E-state index contributed by atoms with van der Waals surface area (Å²) in [6.07, 6.45) is 0. The van der Waals surface area contributed by atoms with Gasteiger partial charge in [0.1, 0.15) is 0 Å². The summed E-state index contributed by atoms with van der Waals surface area (Å²) in [6.45, 7) is 3.82. The molecule has 0 spiro atoms. The van der Waals surface area contributed by atoms with Crippen LogP contribution in [0.3, 0.4) is 0 Å². The van der Waals surface area contributed by atoms with Crippen LogP contribution in [0.15, 0.2) is 18.2 Å². The zero-order valence-corrected chi connectivity index (χ0v) is 12.7. The van der Waals surface area contributed by atoms with E-state index in [4.69, 9.17) is 21.1 Å². The maximum Gasteiger partial charge on any atom is 0.0637 e. The van der Waals surface area contributed by atoms with E-state index in [1.54, 1.807) is 14.2 Å². The highest BCUT2D eigenvalue weighted by atomic mass is 35.5. The Kier molecular flexibility index (Phi) is 7.82. The first-order chi connectivity index (χ1) is 9.22. The van der Waals surface area contributed by atoms with E-state index in [1.165, 1.54) is 11.3 Å². The first-order valence-electron chi connectivity index (χ1n) is 6.38. The number of hydrogen-bond donors (Lipinski definition) is 1. The van der Waals surface area contributed by atoms with Gasteiger partial charge in [0.05, 0.1) is 13.2 Å². The van der Waals surface area contributed by atoms with Gasteiger partial charge in [-0.2, -0.15) is 0 Å². The van der Waals surface area contributed by atoms with Gasteiger partial charge in [-0.05, 0) is 30.8 Å². The number of anilines is 1. The minimum Gasteiger partial charge on any atom is -0.383 e. The Morgan fingerprint density at radius 1 is 1.16 bits per heavy atom. The third-order valence-corrected chi connectivity index (χ3v) is 3.12. The van der Waals surface area contributed by atoms with Crippen molar-refractivity contribution in [3.05, 3.63) is 28.8 Å².